The predicted octanol–water partition coefficient (Wildman–Crippen LogP) is 2.20. The van der Waals surface area contributed by atoms with Crippen LogP contribution in [0.15, 0.2) is 30.3 Å². The summed E-state index contributed by atoms with van der Waals surface area (Å²) < 4.78 is 0. The molecule has 1 fully saturated rings. The Hall–Kier alpha value is -1.37. The molecule has 0 radical (unpaired) electrons. The highest BCUT2D eigenvalue weighted by Crippen LogP contribution is 2.17. The van der Waals surface area contributed by atoms with E-state index in [-0.39, 0.29) is 5.54 Å². The van der Waals surface area contributed by atoms with Gasteiger partial charge in [0.2, 0.25) is 0 Å². The van der Waals surface area contributed by atoms with Crippen molar-refractivity contribution in [2.45, 2.75) is 38.3 Å². The molecule has 1 atom stereocenters. The first-order chi connectivity index (χ1) is 9.11. The van der Waals surface area contributed by atoms with E-state index in [4.69, 9.17) is 5.26 Å². The molecule has 0 aromatic heterocycles. The fraction of sp³-hybridized carbons (Fsp3) is 0.562. The smallest absolute Gasteiger partial charge is 0.0638 e. The number of nitrogens with one attached hydrogen (secondary N) is 1. The van der Waals surface area contributed by atoms with Crippen molar-refractivity contribution in [1.82, 2.24) is 10.2 Å². The van der Waals surface area contributed by atoms with Crippen molar-refractivity contribution in [3.63, 3.8) is 0 Å². The molecule has 3 heteroatoms. The Labute approximate surface area is 116 Å². The molecule has 2 rings (SSSR count). The molecule has 1 heterocycles. The van der Waals surface area contributed by atoms with Crippen LogP contribution in [0.2, 0.25) is 0 Å². The lowest BCUT2D eigenvalue weighted by Crippen LogP contribution is -2.61. The third kappa shape index (κ3) is 4.05. The van der Waals surface area contributed by atoms with E-state index < -0.39 is 0 Å². The minimum absolute atomic E-state index is 0.142. The maximum Gasteiger partial charge on any atom is 0.0638 e. The minimum atomic E-state index is 0.142. The summed E-state index contributed by atoms with van der Waals surface area (Å²) in [7, 11) is 0. The first-order valence-electron chi connectivity index (χ1n) is 7.01. The molecular formula is C16H23N3. The molecule has 0 saturated carbocycles. The van der Waals surface area contributed by atoms with Gasteiger partial charge in [-0.1, -0.05) is 30.3 Å². The van der Waals surface area contributed by atoms with E-state index >= 15 is 0 Å². The molecule has 1 aromatic carbocycles. The van der Waals surface area contributed by atoms with Crippen LogP contribution in [0.25, 0.3) is 0 Å². The van der Waals surface area contributed by atoms with Gasteiger partial charge in [-0.2, -0.15) is 5.26 Å². The fourth-order valence-corrected chi connectivity index (χ4v) is 2.70. The molecule has 1 aliphatic rings. The first kappa shape index (κ1) is 14.0. The molecule has 0 bridgehead atoms. The Kier molecular flexibility index (Phi) is 4.57. The molecule has 3 nitrogen and oxygen atoms in total. The highest BCUT2D eigenvalue weighted by molar-refractivity contribution is 5.15. The van der Waals surface area contributed by atoms with Gasteiger partial charge in [0, 0.05) is 31.2 Å². The van der Waals surface area contributed by atoms with Gasteiger partial charge < -0.3 is 5.32 Å². The Balaban J connectivity index is 1.96. The van der Waals surface area contributed by atoms with Crippen LogP contribution in [0.4, 0.5) is 0 Å². The monoisotopic (exact) mass is 257 g/mol. The zero-order valence-electron chi connectivity index (χ0n) is 11.9. The van der Waals surface area contributed by atoms with Gasteiger partial charge in [0.15, 0.2) is 0 Å². The molecule has 0 amide bonds. The van der Waals surface area contributed by atoms with Crippen molar-refractivity contribution in [2.24, 2.45) is 0 Å². The molecule has 0 spiro atoms. The molecule has 1 aromatic rings. The molecule has 1 N–H and O–H groups in total. The molecular weight excluding hydrogens is 234 g/mol. The average Bonchev–Trinajstić information content (AvgIpc) is 2.40. The number of benzene rings is 1. The molecule has 0 aliphatic carbocycles. The topological polar surface area (TPSA) is 39.1 Å². The number of nitrogens with zero attached hydrogens (tertiary/aromatic N) is 2. The van der Waals surface area contributed by atoms with Crippen LogP contribution in [0.3, 0.4) is 0 Å². The Morgan fingerprint density at radius 2 is 2.11 bits per heavy atom. The Morgan fingerprint density at radius 3 is 2.79 bits per heavy atom. The minimum Gasteiger partial charge on any atom is -0.309 e. The summed E-state index contributed by atoms with van der Waals surface area (Å²) in [6, 6.07) is 13.2. The summed E-state index contributed by atoms with van der Waals surface area (Å²) in [6.45, 7) is 7.40. The number of rotatable bonds is 4. The van der Waals surface area contributed by atoms with Crippen LogP contribution in [-0.4, -0.2) is 36.1 Å². The SMILES string of the molecule is CC1(C)CN(CCc2ccccc2)C(CC#N)CN1. The van der Waals surface area contributed by atoms with Crippen molar-refractivity contribution in [1.29, 1.82) is 5.26 Å². The van der Waals surface area contributed by atoms with Crippen molar-refractivity contribution < 1.29 is 0 Å². The quantitative estimate of drug-likeness (QED) is 0.898. The summed E-state index contributed by atoms with van der Waals surface area (Å²) >= 11 is 0. The predicted molar refractivity (Wildman–Crippen MR) is 77.8 cm³/mol. The van der Waals surface area contributed by atoms with Gasteiger partial charge >= 0.3 is 0 Å². The van der Waals surface area contributed by atoms with E-state index in [1.54, 1.807) is 0 Å². The number of nitriles is 1. The lowest BCUT2D eigenvalue weighted by atomic mass is 9.97. The number of piperazine rings is 1. The molecule has 102 valence electrons. The van der Waals surface area contributed by atoms with Crippen LogP contribution < -0.4 is 5.32 Å². The summed E-state index contributed by atoms with van der Waals surface area (Å²) in [5, 5.41) is 12.5. The standard InChI is InChI=1S/C16H23N3/c1-16(2)13-19(15(8-10-17)12-18-16)11-9-14-6-4-3-5-7-14/h3-7,15,18H,8-9,11-13H2,1-2H3. The summed E-state index contributed by atoms with van der Waals surface area (Å²) in [5.41, 5.74) is 1.51. The van der Waals surface area contributed by atoms with Crippen LogP contribution >= 0.6 is 0 Å². The largest absolute Gasteiger partial charge is 0.309 e. The molecule has 19 heavy (non-hydrogen) atoms. The zero-order valence-corrected chi connectivity index (χ0v) is 11.9. The van der Waals surface area contributed by atoms with Gasteiger partial charge in [-0.3, -0.25) is 4.90 Å². The second-order valence-electron chi connectivity index (χ2n) is 5.99. The van der Waals surface area contributed by atoms with Crippen LogP contribution in [0.5, 0.6) is 0 Å². The Bertz CT molecular complexity index is 433. The normalized spacial score (nSPS) is 22.9. The fourth-order valence-electron chi connectivity index (χ4n) is 2.70. The Morgan fingerprint density at radius 1 is 1.37 bits per heavy atom. The average molecular weight is 257 g/mol. The van der Waals surface area contributed by atoms with E-state index in [0.717, 1.165) is 26.1 Å². The highest BCUT2D eigenvalue weighted by atomic mass is 15.2. The summed E-state index contributed by atoms with van der Waals surface area (Å²) in [5.74, 6) is 0. The third-order valence-electron chi connectivity index (χ3n) is 3.79. The third-order valence-corrected chi connectivity index (χ3v) is 3.79. The van der Waals surface area contributed by atoms with Gasteiger partial charge in [-0.15, -0.1) is 0 Å². The van der Waals surface area contributed by atoms with Gasteiger partial charge in [-0.05, 0) is 25.8 Å². The van der Waals surface area contributed by atoms with Crippen molar-refractivity contribution in [2.75, 3.05) is 19.6 Å². The van der Waals surface area contributed by atoms with Crippen molar-refractivity contribution in [3.05, 3.63) is 35.9 Å². The van der Waals surface area contributed by atoms with Crippen LogP contribution in [0.1, 0.15) is 25.8 Å². The summed E-state index contributed by atoms with van der Waals surface area (Å²) in [6.07, 6.45) is 1.66. The second kappa shape index (κ2) is 6.18. The van der Waals surface area contributed by atoms with E-state index in [1.165, 1.54) is 5.56 Å². The van der Waals surface area contributed by atoms with Gasteiger partial charge in [-0.25, -0.2) is 0 Å². The maximum absolute atomic E-state index is 8.95. The number of hydrogen-bond acceptors (Lipinski definition) is 3. The first-order valence-corrected chi connectivity index (χ1v) is 7.01. The van der Waals surface area contributed by atoms with Crippen molar-refractivity contribution in [3.8, 4) is 6.07 Å². The van der Waals surface area contributed by atoms with E-state index in [2.05, 4.69) is 60.5 Å². The van der Waals surface area contributed by atoms with Crippen LogP contribution in [0, 0.1) is 11.3 Å². The highest BCUT2D eigenvalue weighted by Gasteiger charge is 2.31. The second-order valence-corrected chi connectivity index (χ2v) is 5.99. The lowest BCUT2D eigenvalue weighted by Gasteiger charge is -2.44. The van der Waals surface area contributed by atoms with E-state index in [9.17, 15) is 0 Å². The van der Waals surface area contributed by atoms with Gasteiger partial charge in [0.05, 0.1) is 12.5 Å². The zero-order chi connectivity index (χ0) is 13.7. The maximum atomic E-state index is 8.95. The van der Waals surface area contributed by atoms with Gasteiger partial charge in [0.1, 0.15) is 0 Å². The number of hydrogen-bond donors (Lipinski definition) is 1. The van der Waals surface area contributed by atoms with Crippen LogP contribution in [-0.2, 0) is 6.42 Å². The van der Waals surface area contributed by atoms with Crippen molar-refractivity contribution >= 4 is 0 Å². The molecule has 1 saturated heterocycles. The van der Waals surface area contributed by atoms with Gasteiger partial charge in [0.25, 0.3) is 0 Å². The molecule has 1 unspecified atom stereocenters. The van der Waals surface area contributed by atoms with E-state index in [0.29, 0.717) is 12.5 Å². The van der Waals surface area contributed by atoms with E-state index in [1.807, 2.05) is 0 Å². The lowest BCUT2D eigenvalue weighted by molar-refractivity contribution is 0.0985. The summed E-state index contributed by atoms with van der Waals surface area (Å²) in [4.78, 5) is 2.46. The molecule has 1 aliphatic heterocycles.